The van der Waals surface area contributed by atoms with Gasteiger partial charge in [-0.2, -0.15) is 0 Å². The molecule has 0 amide bonds. The van der Waals surface area contributed by atoms with E-state index in [0.29, 0.717) is 18.6 Å². The van der Waals surface area contributed by atoms with Gasteiger partial charge in [-0.1, -0.05) is 41.5 Å². The van der Waals surface area contributed by atoms with E-state index >= 15 is 0 Å². The van der Waals surface area contributed by atoms with Gasteiger partial charge in [-0.25, -0.2) is 0 Å². The summed E-state index contributed by atoms with van der Waals surface area (Å²) in [6.07, 6.45) is 6.45. The number of hydrogen-bond donors (Lipinski definition) is 0. The zero-order chi connectivity index (χ0) is 27.8. The number of fused-ring (bicyclic) bond motifs is 7. The molecular weight excluding hydrogens is 480 g/mol. The summed E-state index contributed by atoms with van der Waals surface area (Å²) in [5.41, 5.74) is -0.512. The number of carbonyl (C=O) groups is 3. The maximum absolute atomic E-state index is 14.3. The summed E-state index contributed by atoms with van der Waals surface area (Å²) in [5.74, 6) is 0.497. The van der Waals surface area contributed by atoms with Crippen molar-refractivity contribution in [2.75, 3.05) is 0 Å². The zero-order valence-corrected chi connectivity index (χ0v) is 24.7. The largest absolute Gasteiger partial charge is 0.460 e. The predicted molar refractivity (Wildman–Crippen MR) is 142 cm³/mol. The topological polar surface area (TPSA) is 85.5 Å². The molecule has 0 aromatic carbocycles. The molecule has 0 N–H and O–H groups in total. The second-order valence-electron chi connectivity index (χ2n) is 15.4. The fourth-order valence-electron chi connectivity index (χ4n) is 10.6. The highest BCUT2D eigenvalue weighted by Gasteiger charge is 2.79. The third-order valence-corrected chi connectivity index (χ3v) is 12.8. The lowest BCUT2D eigenvalue weighted by molar-refractivity contribution is -0.182. The van der Waals surface area contributed by atoms with Crippen LogP contribution in [-0.4, -0.2) is 47.0 Å². The Bertz CT molecular complexity index is 1150. The maximum atomic E-state index is 14.3. The normalized spacial score (nSPS) is 49.0. The molecule has 0 bridgehead atoms. The molecule has 210 valence electrons. The fourth-order valence-corrected chi connectivity index (χ4v) is 10.6. The van der Waals surface area contributed by atoms with Crippen LogP contribution in [0, 0.1) is 39.4 Å². The number of ether oxygens (including phenoxy) is 3. The van der Waals surface area contributed by atoms with E-state index in [1.165, 1.54) is 6.92 Å². The number of epoxide rings is 2. The van der Waals surface area contributed by atoms with Gasteiger partial charge >= 0.3 is 5.97 Å². The molecule has 0 spiro atoms. The molecule has 10 atom stereocenters. The monoisotopic (exact) mass is 526 g/mol. The first-order chi connectivity index (χ1) is 17.4. The minimum atomic E-state index is -0.477. The average Bonchev–Trinajstić information content (AvgIpc) is 3.64. The number of esters is 1. The fraction of sp³-hybridized carbons (Fsp3) is 0.844. The Morgan fingerprint density at radius 2 is 1.74 bits per heavy atom. The van der Waals surface area contributed by atoms with Gasteiger partial charge in [0.15, 0.2) is 5.78 Å². The smallest absolute Gasteiger partial charge is 0.302 e. The second-order valence-corrected chi connectivity index (χ2v) is 15.4. The van der Waals surface area contributed by atoms with Crippen LogP contribution in [0.25, 0.3) is 0 Å². The van der Waals surface area contributed by atoms with Crippen molar-refractivity contribution in [3.8, 4) is 0 Å². The van der Waals surface area contributed by atoms with E-state index in [4.69, 9.17) is 14.2 Å². The molecule has 38 heavy (non-hydrogen) atoms. The molecule has 0 aromatic heterocycles. The molecule has 6 rings (SSSR count). The molecule has 6 heteroatoms. The van der Waals surface area contributed by atoms with E-state index < -0.39 is 5.60 Å². The van der Waals surface area contributed by atoms with Gasteiger partial charge in [0.1, 0.15) is 23.6 Å². The Balaban J connectivity index is 1.35. The Kier molecular flexibility index (Phi) is 5.34. The third-order valence-electron chi connectivity index (χ3n) is 12.8. The highest BCUT2D eigenvalue weighted by molar-refractivity contribution is 5.97. The summed E-state index contributed by atoms with van der Waals surface area (Å²) in [7, 11) is 0. The summed E-state index contributed by atoms with van der Waals surface area (Å²) in [4.78, 5) is 39.1. The standard InChI is InChI=1S/C32H46O6/c1-17(14-20(36-18(2)33)26-28(5,6)38-26)32-22-15-19(34)25-29(7)12-11-23(35)27(3,4)21(29)10-13-30(25,8)31(22,9)16-24(32)37-32/h15,17,20-21,24-26H,10-14,16H2,1-9H3/t17-,20+,21?,24+,25?,26-,29+,30+,31+,32-/m1/s1. The van der Waals surface area contributed by atoms with E-state index in [9.17, 15) is 14.4 Å². The van der Waals surface area contributed by atoms with Crippen LogP contribution in [0.5, 0.6) is 0 Å². The predicted octanol–water partition coefficient (Wildman–Crippen LogP) is 5.61. The van der Waals surface area contributed by atoms with Crippen molar-refractivity contribution in [1.82, 2.24) is 0 Å². The van der Waals surface area contributed by atoms with Crippen molar-refractivity contribution in [2.24, 2.45) is 39.4 Å². The lowest BCUT2D eigenvalue weighted by atomic mass is 9.36. The molecule has 2 unspecified atom stereocenters. The molecule has 2 heterocycles. The van der Waals surface area contributed by atoms with E-state index in [1.807, 2.05) is 19.9 Å². The lowest BCUT2D eigenvalue weighted by Gasteiger charge is -2.66. The molecule has 6 nitrogen and oxygen atoms in total. The minimum absolute atomic E-state index is 0.0797. The summed E-state index contributed by atoms with van der Waals surface area (Å²) >= 11 is 0. The molecule has 6 aliphatic rings. The number of carbonyl (C=O) groups excluding carboxylic acids is 3. The third kappa shape index (κ3) is 3.16. The van der Waals surface area contributed by atoms with Crippen molar-refractivity contribution in [2.45, 2.75) is 130 Å². The molecule has 0 aromatic rings. The number of rotatable bonds is 5. The molecule has 3 saturated carbocycles. The van der Waals surface area contributed by atoms with Crippen molar-refractivity contribution in [3.05, 3.63) is 11.6 Å². The van der Waals surface area contributed by atoms with Crippen LogP contribution < -0.4 is 0 Å². The summed E-state index contributed by atoms with van der Waals surface area (Å²) < 4.78 is 18.1. The molecular formula is C32H46O6. The first kappa shape index (κ1) is 26.7. The molecule has 0 radical (unpaired) electrons. The maximum Gasteiger partial charge on any atom is 0.302 e. The molecule has 5 fully saturated rings. The molecule has 4 aliphatic carbocycles. The van der Waals surface area contributed by atoms with Gasteiger partial charge in [-0.15, -0.1) is 0 Å². The van der Waals surface area contributed by atoms with E-state index in [1.54, 1.807) is 0 Å². The Morgan fingerprint density at radius 3 is 2.34 bits per heavy atom. The zero-order valence-electron chi connectivity index (χ0n) is 24.7. The Morgan fingerprint density at radius 1 is 1.08 bits per heavy atom. The van der Waals surface area contributed by atoms with Crippen LogP contribution in [0.4, 0.5) is 0 Å². The van der Waals surface area contributed by atoms with Gasteiger partial charge in [-0.05, 0) is 80.3 Å². The number of ketones is 2. The first-order valence-corrected chi connectivity index (χ1v) is 14.8. The van der Waals surface area contributed by atoms with Crippen LogP contribution in [0.15, 0.2) is 11.6 Å². The van der Waals surface area contributed by atoms with E-state index in [0.717, 1.165) is 31.3 Å². The second kappa shape index (κ2) is 7.60. The van der Waals surface area contributed by atoms with Crippen LogP contribution in [-0.2, 0) is 28.6 Å². The quantitative estimate of drug-likeness (QED) is 0.342. The highest BCUT2D eigenvalue weighted by Crippen LogP contribution is 2.77. The Labute approximate surface area is 227 Å². The molecule has 2 aliphatic heterocycles. The minimum Gasteiger partial charge on any atom is -0.460 e. The number of Topliss-reactive ketones (excluding diaryl/α,β-unsaturated/α-hetero) is 1. The SMILES string of the molecule is CC(=O)O[C@@H](C[C@@H](C)[C@]12O[C@H]1C[C@@]1(C)C2=CC(=O)C2[C@@]3(C)CCC(=O)C(C)(C)C3CC[C@@]21C)[C@H]1OC1(C)C. The summed E-state index contributed by atoms with van der Waals surface area (Å²) in [6.45, 7) is 19.0. The lowest BCUT2D eigenvalue weighted by Crippen LogP contribution is -2.64. The van der Waals surface area contributed by atoms with Gasteiger partial charge in [0.25, 0.3) is 0 Å². The Hall–Kier alpha value is -1.53. The van der Waals surface area contributed by atoms with Gasteiger partial charge in [-0.3, -0.25) is 14.4 Å². The molecule has 2 saturated heterocycles. The van der Waals surface area contributed by atoms with E-state index in [-0.39, 0.29) is 75.1 Å². The number of allylic oxidation sites excluding steroid dienone is 1. The van der Waals surface area contributed by atoms with Crippen LogP contribution in [0.3, 0.4) is 0 Å². The van der Waals surface area contributed by atoms with Crippen LogP contribution in [0.1, 0.15) is 101 Å². The summed E-state index contributed by atoms with van der Waals surface area (Å²) in [5, 5.41) is 0. The number of hydrogen-bond acceptors (Lipinski definition) is 6. The first-order valence-electron chi connectivity index (χ1n) is 14.8. The van der Waals surface area contributed by atoms with E-state index in [2.05, 4.69) is 41.5 Å². The van der Waals surface area contributed by atoms with Crippen LogP contribution in [0.2, 0.25) is 0 Å². The van der Waals surface area contributed by atoms with Crippen molar-refractivity contribution in [1.29, 1.82) is 0 Å². The van der Waals surface area contributed by atoms with Crippen molar-refractivity contribution < 1.29 is 28.6 Å². The summed E-state index contributed by atoms with van der Waals surface area (Å²) in [6, 6.07) is 0. The van der Waals surface area contributed by atoms with Gasteiger partial charge < -0.3 is 14.2 Å². The van der Waals surface area contributed by atoms with Crippen molar-refractivity contribution >= 4 is 17.5 Å². The van der Waals surface area contributed by atoms with Crippen molar-refractivity contribution in [3.63, 3.8) is 0 Å². The highest BCUT2D eigenvalue weighted by atomic mass is 16.6. The van der Waals surface area contributed by atoms with Gasteiger partial charge in [0.05, 0.1) is 11.7 Å². The van der Waals surface area contributed by atoms with Gasteiger partial charge in [0.2, 0.25) is 0 Å². The van der Waals surface area contributed by atoms with Gasteiger partial charge in [0, 0.05) is 30.1 Å². The van der Waals surface area contributed by atoms with Crippen LogP contribution >= 0.6 is 0 Å². The average molecular weight is 527 g/mol.